The molecule has 0 amide bonds. The fourth-order valence-electron chi connectivity index (χ4n) is 3.08. The SMILES string of the molecule is C=C1CCC(C(=O)CCc2ccc(Cl)cc2F)c2cccnc21. The summed E-state index contributed by atoms with van der Waals surface area (Å²) < 4.78 is 13.8. The Balaban J connectivity index is 1.74. The molecule has 0 bridgehead atoms. The van der Waals surface area contributed by atoms with E-state index >= 15 is 0 Å². The van der Waals surface area contributed by atoms with Gasteiger partial charge in [-0.3, -0.25) is 9.78 Å². The first-order valence-corrected chi connectivity index (χ1v) is 8.04. The lowest BCUT2D eigenvalue weighted by molar-refractivity contribution is -0.120. The normalized spacial score (nSPS) is 17.0. The van der Waals surface area contributed by atoms with Crippen LogP contribution in [0.25, 0.3) is 5.57 Å². The van der Waals surface area contributed by atoms with Gasteiger partial charge in [0.2, 0.25) is 0 Å². The van der Waals surface area contributed by atoms with Crippen molar-refractivity contribution in [3.8, 4) is 0 Å². The number of benzene rings is 1. The molecule has 1 aliphatic carbocycles. The Morgan fingerprint density at radius 3 is 3.00 bits per heavy atom. The maximum Gasteiger partial charge on any atom is 0.140 e. The quantitative estimate of drug-likeness (QED) is 0.793. The highest BCUT2D eigenvalue weighted by Crippen LogP contribution is 2.37. The summed E-state index contributed by atoms with van der Waals surface area (Å²) in [6.07, 6.45) is 3.94. The fourth-order valence-corrected chi connectivity index (χ4v) is 3.24. The number of aromatic nitrogens is 1. The predicted molar refractivity (Wildman–Crippen MR) is 90.0 cm³/mol. The number of hydrogen-bond acceptors (Lipinski definition) is 2. The van der Waals surface area contributed by atoms with Gasteiger partial charge in [0.1, 0.15) is 11.6 Å². The zero-order chi connectivity index (χ0) is 16.4. The van der Waals surface area contributed by atoms with Crippen LogP contribution < -0.4 is 0 Å². The van der Waals surface area contributed by atoms with Gasteiger partial charge in [-0.25, -0.2) is 4.39 Å². The topological polar surface area (TPSA) is 30.0 Å². The van der Waals surface area contributed by atoms with E-state index in [1.807, 2.05) is 12.1 Å². The highest BCUT2D eigenvalue weighted by Gasteiger charge is 2.28. The van der Waals surface area contributed by atoms with Crippen molar-refractivity contribution in [3.05, 3.63) is 70.8 Å². The molecule has 2 aromatic rings. The van der Waals surface area contributed by atoms with E-state index in [4.69, 9.17) is 11.6 Å². The van der Waals surface area contributed by atoms with Gasteiger partial charge in [0.15, 0.2) is 0 Å². The molecular formula is C19H17ClFNO. The molecule has 1 atom stereocenters. The number of fused-ring (bicyclic) bond motifs is 1. The van der Waals surface area contributed by atoms with E-state index in [1.54, 1.807) is 18.3 Å². The van der Waals surface area contributed by atoms with Crippen molar-refractivity contribution in [2.24, 2.45) is 0 Å². The van der Waals surface area contributed by atoms with Gasteiger partial charge in [-0.15, -0.1) is 0 Å². The van der Waals surface area contributed by atoms with Gasteiger partial charge >= 0.3 is 0 Å². The van der Waals surface area contributed by atoms with E-state index < -0.39 is 0 Å². The van der Waals surface area contributed by atoms with E-state index in [9.17, 15) is 9.18 Å². The fraction of sp³-hybridized carbons (Fsp3) is 0.263. The lowest BCUT2D eigenvalue weighted by Crippen LogP contribution is -2.19. The summed E-state index contributed by atoms with van der Waals surface area (Å²) in [6.45, 7) is 4.03. The van der Waals surface area contributed by atoms with Crippen molar-refractivity contribution >= 4 is 23.0 Å². The molecule has 0 aliphatic heterocycles. The molecule has 0 N–H and O–H groups in total. The minimum atomic E-state index is -0.357. The first-order valence-electron chi connectivity index (χ1n) is 7.66. The molecule has 0 saturated carbocycles. The molecule has 4 heteroatoms. The summed E-state index contributed by atoms with van der Waals surface area (Å²) in [5.74, 6) is -0.398. The van der Waals surface area contributed by atoms with Crippen molar-refractivity contribution in [1.29, 1.82) is 0 Å². The number of rotatable bonds is 4. The van der Waals surface area contributed by atoms with Crippen molar-refractivity contribution in [2.45, 2.75) is 31.6 Å². The summed E-state index contributed by atoms with van der Waals surface area (Å²) in [5.41, 5.74) is 3.29. The Hall–Kier alpha value is -2.00. The van der Waals surface area contributed by atoms with Gasteiger partial charge in [-0.2, -0.15) is 0 Å². The van der Waals surface area contributed by atoms with E-state index in [0.29, 0.717) is 23.4 Å². The van der Waals surface area contributed by atoms with Gasteiger partial charge in [-0.1, -0.05) is 30.3 Å². The molecule has 1 unspecified atom stereocenters. The molecule has 2 nitrogen and oxygen atoms in total. The number of pyridine rings is 1. The minimum absolute atomic E-state index is 0.126. The van der Waals surface area contributed by atoms with E-state index in [0.717, 1.165) is 29.7 Å². The monoisotopic (exact) mass is 329 g/mol. The van der Waals surface area contributed by atoms with Crippen LogP contribution in [0.5, 0.6) is 0 Å². The summed E-state index contributed by atoms with van der Waals surface area (Å²) in [5, 5.41) is 0.364. The van der Waals surface area contributed by atoms with Gasteiger partial charge < -0.3 is 0 Å². The molecule has 23 heavy (non-hydrogen) atoms. The van der Waals surface area contributed by atoms with Crippen LogP contribution in [0.4, 0.5) is 4.39 Å². The second-order valence-electron chi connectivity index (χ2n) is 5.84. The lowest BCUT2D eigenvalue weighted by atomic mass is 9.79. The van der Waals surface area contributed by atoms with Crippen LogP contribution in [-0.4, -0.2) is 10.8 Å². The number of aryl methyl sites for hydroxylation is 1. The van der Waals surface area contributed by atoms with Crippen LogP contribution in [0, 0.1) is 5.82 Å². The second-order valence-corrected chi connectivity index (χ2v) is 6.27. The van der Waals surface area contributed by atoms with Crippen molar-refractivity contribution in [3.63, 3.8) is 0 Å². The Kier molecular flexibility index (Phi) is 4.58. The van der Waals surface area contributed by atoms with Gasteiger partial charge in [0.05, 0.1) is 5.69 Å². The first-order chi connectivity index (χ1) is 11.1. The molecule has 3 rings (SSSR count). The van der Waals surface area contributed by atoms with E-state index in [2.05, 4.69) is 11.6 Å². The smallest absolute Gasteiger partial charge is 0.140 e. The number of ketones is 1. The van der Waals surface area contributed by atoms with Crippen LogP contribution in [0.3, 0.4) is 0 Å². The number of allylic oxidation sites excluding steroid dienone is 1. The highest BCUT2D eigenvalue weighted by molar-refractivity contribution is 6.30. The van der Waals surface area contributed by atoms with E-state index in [-0.39, 0.29) is 17.5 Å². The molecule has 0 radical (unpaired) electrons. The van der Waals surface area contributed by atoms with E-state index in [1.165, 1.54) is 6.07 Å². The third-order valence-electron chi connectivity index (χ3n) is 4.33. The largest absolute Gasteiger partial charge is 0.299 e. The van der Waals surface area contributed by atoms with Crippen molar-refractivity contribution in [1.82, 2.24) is 4.98 Å². The number of halogens is 2. The van der Waals surface area contributed by atoms with Crippen LogP contribution >= 0.6 is 11.6 Å². The molecule has 118 valence electrons. The number of Topliss-reactive ketones (excluding diaryl/α,β-unsaturated/α-hetero) is 1. The maximum atomic E-state index is 13.8. The molecular weight excluding hydrogens is 313 g/mol. The average Bonchev–Trinajstić information content (AvgIpc) is 2.54. The van der Waals surface area contributed by atoms with Gasteiger partial charge in [0, 0.05) is 23.6 Å². The Labute approximate surface area is 140 Å². The van der Waals surface area contributed by atoms with Crippen molar-refractivity contribution in [2.75, 3.05) is 0 Å². The number of nitrogens with zero attached hydrogens (tertiary/aromatic N) is 1. The summed E-state index contributed by atoms with van der Waals surface area (Å²) in [6, 6.07) is 8.36. The zero-order valence-electron chi connectivity index (χ0n) is 12.7. The van der Waals surface area contributed by atoms with Gasteiger partial charge in [0.25, 0.3) is 0 Å². The molecule has 1 aromatic carbocycles. The standard InChI is InChI=1S/C19H17ClFNO/c1-12-4-8-15(16-3-2-10-22-19(12)16)18(23)9-6-13-5-7-14(20)11-17(13)21/h2-3,5,7,10-11,15H,1,4,6,8-9H2. The minimum Gasteiger partial charge on any atom is -0.299 e. The Morgan fingerprint density at radius 2 is 2.22 bits per heavy atom. The summed E-state index contributed by atoms with van der Waals surface area (Å²) in [4.78, 5) is 17.0. The number of carbonyl (C=O) groups is 1. The number of carbonyl (C=O) groups excluding carboxylic acids is 1. The first kappa shape index (κ1) is 15.9. The summed E-state index contributed by atoms with van der Waals surface area (Å²) >= 11 is 5.75. The maximum absolute atomic E-state index is 13.8. The molecule has 1 aromatic heterocycles. The second kappa shape index (κ2) is 6.63. The molecule has 1 heterocycles. The third kappa shape index (κ3) is 3.35. The van der Waals surface area contributed by atoms with Crippen LogP contribution in [0.1, 0.15) is 42.0 Å². The van der Waals surface area contributed by atoms with Crippen LogP contribution in [-0.2, 0) is 11.2 Å². The molecule has 0 fully saturated rings. The van der Waals surface area contributed by atoms with Crippen molar-refractivity contribution < 1.29 is 9.18 Å². The highest BCUT2D eigenvalue weighted by atomic mass is 35.5. The predicted octanol–water partition coefficient (Wildman–Crippen LogP) is 4.97. The summed E-state index contributed by atoms with van der Waals surface area (Å²) in [7, 11) is 0. The molecule has 0 spiro atoms. The number of hydrogen-bond donors (Lipinski definition) is 0. The molecule has 1 aliphatic rings. The Morgan fingerprint density at radius 1 is 1.39 bits per heavy atom. The third-order valence-corrected chi connectivity index (χ3v) is 4.56. The zero-order valence-corrected chi connectivity index (χ0v) is 13.4. The average molecular weight is 330 g/mol. The van der Waals surface area contributed by atoms with Gasteiger partial charge in [-0.05, 0) is 54.2 Å². The van der Waals surface area contributed by atoms with Crippen LogP contribution in [0.2, 0.25) is 5.02 Å². The van der Waals surface area contributed by atoms with Crippen LogP contribution in [0.15, 0.2) is 43.1 Å². The molecule has 0 saturated heterocycles. The lowest BCUT2D eigenvalue weighted by Gasteiger charge is -2.25. The Bertz CT molecular complexity index is 772.